The third-order valence-corrected chi connectivity index (χ3v) is 2.67. The maximum atomic E-state index is 11.6. The molecule has 2 nitrogen and oxygen atoms in total. The molecule has 0 fully saturated rings. The van der Waals surface area contributed by atoms with E-state index in [1.54, 1.807) is 13.0 Å². The third kappa shape index (κ3) is 2.21. The molecule has 2 aliphatic rings. The van der Waals surface area contributed by atoms with Gasteiger partial charge in [-0.1, -0.05) is 55.2 Å². The number of hydrogen-bond donors (Lipinski definition) is 0. The molecule has 0 amide bonds. The molecule has 0 N–H and O–H groups in total. The van der Waals surface area contributed by atoms with Crippen molar-refractivity contribution in [3.8, 4) is 0 Å². The second-order valence-electron chi connectivity index (χ2n) is 4.10. The van der Waals surface area contributed by atoms with Gasteiger partial charge in [-0.2, -0.15) is 0 Å². The summed E-state index contributed by atoms with van der Waals surface area (Å²) in [6, 6.07) is 0. The number of allylic oxidation sites excluding steroid dienone is 7. The van der Waals surface area contributed by atoms with Crippen molar-refractivity contribution in [1.29, 1.82) is 0 Å². The van der Waals surface area contributed by atoms with E-state index in [2.05, 4.69) is 6.58 Å². The van der Waals surface area contributed by atoms with Crippen LogP contribution in [0.15, 0.2) is 72.6 Å². The van der Waals surface area contributed by atoms with Gasteiger partial charge in [-0.05, 0) is 13.0 Å². The summed E-state index contributed by atoms with van der Waals surface area (Å²) in [6.07, 6.45) is 17.4. The van der Waals surface area contributed by atoms with Gasteiger partial charge in [-0.15, -0.1) is 0 Å². The van der Waals surface area contributed by atoms with E-state index < -0.39 is 11.4 Å². The molecule has 0 heterocycles. The van der Waals surface area contributed by atoms with Crippen molar-refractivity contribution in [2.75, 3.05) is 0 Å². The topological polar surface area (TPSA) is 26.3 Å². The number of carbonyl (C=O) groups excluding carboxylic acids is 1. The van der Waals surface area contributed by atoms with Gasteiger partial charge in [0, 0.05) is 5.57 Å². The van der Waals surface area contributed by atoms with E-state index in [0.717, 1.165) is 0 Å². The summed E-state index contributed by atoms with van der Waals surface area (Å²) in [5.74, 6) is 0.222. The van der Waals surface area contributed by atoms with Crippen molar-refractivity contribution in [3.63, 3.8) is 0 Å². The van der Waals surface area contributed by atoms with Crippen molar-refractivity contribution >= 4 is 5.97 Å². The molecule has 86 valence electrons. The van der Waals surface area contributed by atoms with Crippen molar-refractivity contribution in [3.05, 3.63) is 72.6 Å². The van der Waals surface area contributed by atoms with Crippen LogP contribution in [0, 0.1) is 5.41 Å². The Hall–Kier alpha value is -2.09. The van der Waals surface area contributed by atoms with E-state index in [0.29, 0.717) is 11.3 Å². The lowest BCUT2D eigenvalue weighted by molar-refractivity contribution is -0.135. The number of rotatable bonds is 2. The number of esters is 1. The molecule has 0 aliphatic heterocycles. The molecule has 1 spiro atoms. The molecule has 0 aromatic heterocycles. The number of carbonyl (C=O) groups is 1. The van der Waals surface area contributed by atoms with E-state index >= 15 is 0 Å². The molecule has 0 radical (unpaired) electrons. The molecular weight excluding hydrogens is 212 g/mol. The molecule has 0 bridgehead atoms. The second-order valence-corrected chi connectivity index (χ2v) is 4.10. The summed E-state index contributed by atoms with van der Waals surface area (Å²) < 4.78 is 5.35. The van der Waals surface area contributed by atoms with Gasteiger partial charge in [0.1, 0.15) is 5.76 Å². The van der Waals surface area contributed by atoms with Crippen LogP contribution in [0.3, 0.4) is 0 Å². The van der Waals surface area contributed by atoms with Crippen LogP contribution >= 0.6 is 0 Å². The molecule has 0 aromatic rings. The average Bonchev–Trinajstić information content (AvgIpc) is 2.52. The zero-order valence-corrected chi connectivity index (χ0v) is 9.72. The third-order valence-electron chi connectivity index (χ3n) is 2.67. The normalized spacial score (nSPS) is 19.2. The quantitative estimate of drug-likeness (QED) is 0.533. The summed E-state index contributed by atoms with van der Waals surface area (Å²) in [5, 5.41) is 0. The van der Waals surface area contributed by atoms with Crippen molar-refractivity contribution in [2.45, 2.75) is 6.92 Å². The van der Waals surface area contributed by atoms with Gasteiger partial charge in [-0.3, -0.25) is 0 Å². The second kappa shape index (κ2) is 4.42. The molecule has 2 heteroatoms. The van der Waals surface area contributed by atoms with Crippen molar-refractivity contribution < 1.29 is 9.53 Å². The maximum absolute atomic E-state index is 11.6. The standard InChI is InChI=1S/C15H14O2/c1-12(2)14(16)17-13-8-7-11-15(13)9-5-3-4-6-10-15/h3-11H,1H2,2H3. The summed E-state index contributed by atoms with van der Waals surface area (Å²) in [5.41, 5.74) is -0.0399. The number of hydrogen-bond acceptors (Lipinski definition) is 2. The van der Waals surface area contributed by atoms with Crippen LogP contribution < -0.4 is 0 Å². The minimum Gasteiger partial charge on any atom is -0.426 e. The van der Waals surface area contributed by atoms with Crippen LogP contribution in [0.25, 0.3) is 0 Å². The van der Waals surface area contributed by atoms with Crippen LogP contribution in [-0.2, 0) is 9.53 Å². The largest absolute Gasteiger partial charge is 0.426 e. The van der Waals surface area contributed by atoms with Crippen LogP contribution in [-0.4, -0.2) is 5.97 Å². The van der Waals surface area contributed by atoms with Crippen LogP contribution in [0.2, 0.25) is 0 Å². The van der Waals surface area contributed by atoms with Crippen LogP contribution in [0.1, 0.15) is 6.92 Å². The summed E-state index contributed by atoms with van der Waals surface area (Å²) in [7, 11) is 0. The lowest BCUT2D eigenvalue weighted by atomic mass is 9.87. The Labute approximate surface area is 101 Å². The van der Waals surface area contributed by atoms with E-state index in [4.69, 9.17) is 4.74 Å². The minimum atomic E-state index is -0.436. The molecular formula is C15H14O2. The monoisotopic (exact) mass is 226 g/mol. The Morgan fingerprint density at radius 3 is 2.29 bits per heavy atom. The molecule has 2 aliphatic carbocycles. The van der Waals surface area contributed by atoms with Gasteiger partial charge in [0.25, 0.3) is 0 Å². The van der Waals surface area contributed by atoms with E-state index in [1.165, 1.54) is 0 Å². The fraction of sp³-hybridized carbons (Fsp3) is 0.133. The zero-order valence-electron chi connectivity index (χ0n) is 9.72. The Kier molecular flexibility index (Phi) is 2.96. The predicted octanol–water partition coefficient (Wildman–Crippen LogP) is 3.23. The lowest BCUT2D eigenvalue weighted by Gasteiger charge is -2.22. The Balaban J connectivity index is 2.25. The van der Waals surface area contributed by atoms with E-state index in [-0.39, 0.29) is 0 Å². The van der Waals surface area contributed by atoms with Gasteiger partial charge in [-0.25, -0.2) is 4.79 Å². The highest BCUT2D eigenvalue weighted by molar-refractivity contribution is 5.88. The summed E-state index contributed by atoms with van der Waals surface area (Å²) in [6.45, 7) is 5.22. The van der Waals surface area contributed by atoms with Crippen LogP contribution in [0.5, 0.6) is 0 Å². The van der Waals surface area contributed by atoms with Gasteiger partial charge in [0.2, 0.25) is 0 Å². The lowest BCUT2D eigenvalue weighted by Crippen LogP contribution is -2.18. The first-order valence-corrected chi connectivity index (χ1v) is 5.45. The molecule has 2 rings (SSSR count). The average molecular weight is 226 g/mol. The maximum Gasteiger partial charge on any atom is 0.338 e. The number of ether oxygens (including phenoxy) is 1. The molecule has 17 heavy (non-hydrogen) atoms. The van der Waals surface area contributed by atoms with Crippen molar-refractivity contribution in [2.24, 2.45) is 5.41 Å². The zero-order chi connectivity index (χ0) is 12.3. The Morgan fingerprint density at radius 1 is 1.12 bits per heavy atom. The summed E-state index contributed by atoms with van der Waals surface area (Å²) >= 11 is 0. The van der Waals surface area contributed by atoms with E-state index in [1.807, 2.05) is 48.6 Å². The first-order valence-electron chi connectivity index (χ1n) is 5.45. The highest BCUT2D eigenvalue weighted by Crippen LogP contribution is 2.38. The Bertz CT molecular complexity index is 483. The molecule has 0 saturated carbocycles. The van der Waals surface area contributed by atoms with Gasteiger partial charge in [0.05, 0.1) is 5.41 Å². The first kappa shape index (κ1) is 11.4. The molecule has 0 atom stereocenters. The SMILES string of the molecule is C=C(C)C(=O)OC1=CC=CC12C=CC=CC=C2. The molecule has 0 aromatic carbocycles. The van der Waals surface area contributed by atoms with Gasteiger partial charge < -0.3 is 4.74 Å². The first-order chi connectivity index (χ1) is 8.14. The highest BCUT2D eigenvalue weighted by atomic mass is 16.5. The summed E-state index contributed by atoms with van der Waals surface area (Å²) in [4.78, 5) is 11.6. The minimum absolute atomic E-state index is 0.390. The van der Waals surface area contributed by atoms with Gasteiger partial charge >= 0.3 is 5.97 Å². The smallest absolute Gasteiger partial charge is 0.338 e. The molecule has 0 unspecified atom stereocenters. The predicted molar refractivity (Wildman–Crippen MR) is 68.0 cm³/mol. The highest BCUT2D eigenvalue weighted by Gasteiger charge is 2.32. The fourth-order valence-electron chi connectivity index (χ4n) is 1.72. The fourth-order valence-corrected chi connectivity index (χ4v) is 1.72. The molecule has 0 saturated heterocycles. The van der Waals surface area contributed by atoms with Crippen molar-refractivity contribution in [1.82, 2.24) is 0 Å². The Morgan fingerprint density at radius 2 is 1.71 bits per heavy atom. The van der Waals surface area contributed by atoms with E-state index in [9.17, 15) is 4.79 Å². The van der Waals surface area contributed by atoms with Crippen LogP contribution in [0.4, 0.5) is 0 Å². The van der Waals surface area contributed by atoms with Gasteiger partial charge in [0.15, 0.2) is 0 Å².